The molecule has 0 spiro atoms. The average Bonchev–Trinajstić information content (AvgIpc) is 3.57. The summed E-state index contributed by atoms with van der Waals surface area (Å²) >= 11 is -4.83. The first-order valence-electron chi connectivity index (χ1n) is 17.0. The number of fused-ring (bicyclic) bond motifs is 2. The van der Waals surface area contributed by atoms with E-state index in [1.165, 1.54) is 72.3 Å². The van der Waals surface area contributed by atoms with E-state index in [1.54, 1.807) is 0 Å². The number of halogens is 2. The molecule has 239 valence electrons. The second-order valence-electron chi connectivity index (χ2n) is 15.6. The molecule has 0 aliphatic heterocycles. The van der Waals surface area contributed by atoms with Crippen molar-refractivity contribution >= 4 is 35.1 Å². The van der Waals surface area contributed by atoms with Crippen LogP contribution in [-0.2, 0) is 21.0 Å². The van der Waals surface area contributed by atoms with E-state index in [0.29, 0.717) is 5.92 Å². The van der Waals surface area contributed by atoms with Gasteiger partial charge in [-0.15, -0.1) is 0 Å². The van der Waals surface area contributed by atoms with Crippen LogP contribution in [0.3, 0.4) is 0 Å². The molecule has 2 atom stereocenters. The minimum absolute atomic E-state index is 0.0843. The molecule has 0 N–H and O–H groups in total. The predicted octanol–water partition coefficient (Wildman–Crippen LogP) is 13.2. The van der Waals surface area contributed by atoms with Gasteiger partial charge in [-0.1, -0.05) is 0 Å². The molecule has 4 aromatic rings. The van der Waals surface area contributed by atoms with Gasteiger partial charge in [-0.05, 0) is 0 Å². The zero-order valence-electron chi connectivity index (χ0n) is 29.2. The van der Waals surface area contributed by atoms with Crippen LogP contribution in [0.25, 0.3) is 34.4 Å². The summed E-state index contributed by atoms with van der Waals surface area (Å²) < 4.78 is 0.169. The van der Waals surface area contributed by atoms with E-state index >= 15 is 0 Å². The van der Waals surface area contributed by atoms with Crippen molar-refractivity contribution < 1.29 is 15.6 Å². The number of hydrogen-bond donors (Lipinski definition) is 0. The Morgan fingerprint density at radius 3 is 1.96 bits per heavy atom. The molecule has 0 nitrogen and oxygen atoms in total. The van der Waals surface area contributed by atoms with Gasteiger partial charge < -0.3 is 0 Å². The van der Waals surface area contributed by atoms with Crippen LogP contribution < -0.4 is 0 Å². The number of rotatable bonds is 6. The minimum atomic E-state index is -4.83. The molecule has 4 aromatic carbocycles. The Morgan fingerprint density at radius 1 is 0.717 bits per heavy atom. The first kappa shape index (κ1) is 33.9. The van der Waals surface area contributed by atoms with E-state index in [-0.39, 0.29) is 12.7 Å². The van der Waals surface area contributed by atoms with Crippen molar-refractivity contribution in [2.75, 3.05) is 0 Å². The molecule has 0 radical (unpaired) electrons. The summed E-state index contributed by atoms with van der Waals surface area (Å²) in [5.41, 5.74) is 17.4. The van der Waals surface area contributed by atoms with Gasteiger partial charge >= 0.3 is 289 Å². The molecule has 0 saturated carbocycles. The van der Waals surface area contributed by atoms with Gasteiger partial charge in [-0.2, -0.15) is 0 Å². The third-order valence-corrected chi connectivity index (χ3v) is 63.1. The Bertz CT molecular complexity index is 1890. The van der Waals surface area contributed by atoms with Crippen molar-refractivity contribution in [2.45, 2.75) is 81.2 Å². The van der Waals surface area contributed by atoms with Crippen molar-refractivity contribution in [1.82, 2.24) is 0 Å². The molecule has 0 saturated heterocycles. The van der Waals surface area contributed by atoms with Crippen LogP contribution in [0, 0.1) is 19.8 Å². The van der Waals surface area contributed by atoms with E-state index in [4.69, 9.17) is 17.0 Å². The maximum atomic E-state index is 8.65. The molecule has 0 amide bonds. The fourth-order valence-electron chi connectivity index (χ4n) is 8.40. The number of allylic oxidation sites excluding steroid dienone is 2. The normalized spacial score (nSPS) is 18.7. The van der Waals surface area contributed by atoms with Gasteiger partial charge in [0.15, 0.2) is 0 Å². The van der Waals surface area contributed by atoms with Crippen molar-refractivity contribution in [3.05, 3.63) is 129 Å². The quantitative estimate of drug-likeness (QED) is 0.173. The summed E-state index contributed by atoms with van der Waals surface area (Å²) in [7, 11) is 17.3. The third-order valence-electron chi connectivity index (χ3n) is 11.1. The average molecular weight is 744 g/mol. The Balaban J connectivity index is 1.58. The summed E-state index contributed by atoms with van der Waals surface area (Å²) in [5, 5.41) is 0. The first-order valence-corrected chi connectivity index (χ1v) is 33.3. The SMILES string of the molecule is CC1=Cc2c(cc(C)c(C)c2-c2ccccc2)[CH]1[Zr]([Cl])([Cl])([CH]1C(C(C)C)=Cc2c(-c3ccc(C(C)(C)C)cc3)cccc21)[SiH](C)C. The fourth-order valence-corrected chi connectivity index (χ4v) is 40.6. The van der Waals surface area contributed by atoms with E-state index in [9.17, 15) is 0 Å². The number of benzene rings is 4. The van der Waals surface area contributed by atoms with Gasteiger partial charge in [0, 0.05) is 0 Å². The van der Waals surface area contributed by atoms with Crippen LogP contribution in [-0.4, -0.2) is 5.92 Å². The molecule has 0 bridgehead atoms. The molecule has 0 fully saturated rings. The molecule has 0 aromatic heterocycles. The topological polar surface area (TPSA) is 0 Å². The summed E-state index contributed by atoms with van der Waals surface area (Å²) in [6.07, 6.45) is 4.92. The van der Waals surface area contributed by atoms with Gasteiger partial charge in [-0.3, -0.25) is 0 Å². The van der Waals surface area contributed by atoms with Gasteiger partial charge in [0.1, 0.15) is 0 Å². The summed E-state index contributed by atoms with van der Waals surface area (Å²) in [6.45, 7) is 23.2. The van der Waals surface area contributed by atoms with E-state index in [1.807, 2.05) is 0 Å². The van der Waals surface area contributed by atoms with Crippen LogP contribution in [0.4, 0.5) is 0 Å². The van der Waals surface area contributed by atoms with Crippen molar-refractivity contribution in [2.24, 2.45) is 5.92 Å². The summed E-state index contributed by atoms with van der Waals surface area (Å²) in [4.78, 5) is 0. The van der Waals surface area contributed by atoms with Crippen molar-refractivity contribution in [1.29, 1.82) is 0 Å². The van der Waals surface area contributed by atoms with Crippen LogP contribution in [0.2, 0.25) is 13.1 Å². The van der Waals surface area contributed by atoms with Crippen LogP contribution in [0.15, 0.2) is 90.0 Å². The van der Waals surface area contributed by atoms with Crippen molar-refractivity contribution in [3.63, 3.8) is 0 Å². The Labute approximate surface area is 286 Å². The van der Waals surface area contributed by atoms with Crippen molar-refractivity contribution in [3.8, 4) is 22.3 Å². The van der Waals surface area contributed by atoms with Gasteiger partial charge in [0.25, 0.3) is 0 Å². The van der Waals surface area contributed by atoms with Crippen LogP contribution in [0.5, 0.6) is 0 Å². The van der Waals surface area contributed by atoms with Gasteiger partial charge in [0.05, 0.1) is 0 Å². The second kappa shape index (κ2) is 11.9. The molecular weight excluding hydrogens is 695 g/mol. The van der Waals surface area contributed by atoms with Gasteiger partial charge in [0.2, 0.25) is 0 Å². The molecule has 6 rings (SSSR count). The molecule has 0 heterocycles. The summed E-state index contributed by atoms with van der Waals surface area (Å²) in [5.74, 6) is -1.29. The zero-order valence-corrected chi connectivity index (χ0v) is 34.4. The van der Waals surface area contributed by atoms with Gasteiger partial charge in [-0.25, -0.2) is 0 Å². The van der Waals surface area contributed by atoms with Crippen LogP contribution >= 0.6 is 17.0 Å². The zero-order chi connectivity index (χ0) is 33.4. The molecular formula is C42H49Cl2SiZr. The van der Waals surface area contributed by atoms with E-state index < -0.39 is 21.5 Å². The fraction of sp³-hybridized carbons (Fsp3) is 0.333. The monoisotopic (exact) mass is 741 g/mol. The number of aryl methyl sites for hydroxylation is 1. The molecule has 46 heavy (non-hydrogen) atoms. The third kappa shape index (κ3) is 5.26. The standard InChI is InChI=1S/C22H25.C18H17.C2H7Si.2ClH.Zr/c1-15(2)18-13-17-7-6-8-20(21(17)14-18)16-9-11-19(12-10-16)22(3,4)5;1-12-9-16-11-13(2)14(3)18(17(16)10-12)15-7-5-4-6-8-15;1-3-2;;;/h6-15H,1-5H3;4-11H,1-3H3;3H,1-2H3;2*1H;/q;;;;;+2/p-2. The second-order valence-corrected chi connectivity index (χ2v) is 58.1. The Morgan fingerprint density at radius 2 is 1.37 bits per heavy atom. The Hall–Kier alpha value is -1.96. The molecule has 4 heteroatoms. The molecule has 2 aliphatic carbocycles. The predicted molar refractivity (Wildman–Crippen MR) is 204 cm³/mol. The Kier molecular flexibility index (Phi) is 8.76. The first-order chi connectivity index (χ1) is 21.5. The number of hydrogen-bond acceptors (Lipinski definition) is 0. The molecule has 2 unspecified atom stereocenters. The summed E-state index contributed by atoms with van der Waals surface area (Å²) in [6, 6.07) is 29.4. The maximum absolute atomic E-state index is 8.65. The van der Waals surface area contributed by atoms with E-state index in [2.05, 4.69) is 159 Å². The molecule has 2 aliphatic rings. The van der Waals surface area contributed by atoms with E-state index in [0.717, 1.165) is 0 Å². The van der Waals surface area contributed by atoms with Crippen LogP contribution in [0.1, 0.15) is 87.7 Å².